The summed E-state index contributed by atoms with van der Waals surface area (Å²) in [6.07, 6.45) is 4.31. The first kappa shape index (κ1) is 16.8. The number of carbonyl (C=O) groups is 1. The summed E-state index contributed by atoms with van der Waals surface area (Å²) in [7, 11) is 0. The summed E-state index contributed by atoms with van der Waals surface area (Å²) < 4.78 is 0. The normalized spacial score (nSPS) is 27.8. The van der Waals surface area contributed by atoms with E-state index in [1.54, 1.807) is 0 Å². The second kappa shape index (κ2) is 6.95. The van der Waals surface area contributed by atoms with Crippen molar-refractivity contribution in [1.82, 2.24) is 4.90 Å². The van der Waals surface area contributed by atoms with Gasteiger partial charge in [-0.15, -0.1) is 0 Å². The molecule has 0 spiro atoms. The molecule has 1 rings (SSSR count). The molecule has 0 saturated heterocycles. The lowest BCUT2D eigenvalue weighted by molar-refractivity contribution is -0.146. The number of nitrogens with zero attached hydrogens (tertiary/aromatic N) is 2. The first-order valence-electron chi connectivity index (χ1n) is 7.72. The van der Waals surface area contributed by atoms with Crippen molar-refractivity contribution in [3.8, 4) is 0 Å². The minimum Gasteiger partial charge on any atom is -0.409 e. The quantitative estimate of drug-likeness (QED) is 0.326. The lowest BCUT2D eigenvalue weighted by Gasteiger charge is -2.47. The smallest absolute Gasteiger partial charge is 0.236 e. The Morgan fingerprint density at radius 2 is 2.10 bits per heavy atom. The van der Waals surface area contributed by atoms with Crippen LogP contribution in [0.25, 0.3) is 0 Å². The van der Waals surface area contributed by atoms with Crippen molar-refractivity contribution in [2.75, 3.05) is 6.54 Å². The summed E-state index contributed by atoms with van der Waals surface area (Å²) in [5.74, 6) is 0.559. The molecular weight excluding hydrogens is 254 g/mol. The maximum absolute atomic E-state index is 13.0. The molecule has 0 radical (unpaired) electrons. The molecule has 20 heavy (non-hydrogen) atoms. The van der Waals surface area contributed by atoms with Crippen molar-refractivity contribution in [3.63, 3.8) is 0 Å². The van der Waals surface area contributed by atoms with Gasteiger partial charge >= 0.3 is 0 Å². The number of hydrogen-bond donors (Lipinski definition) is 2. The van der Waals surface area contributed by atoms with E-state index in [9.17, 15) is 4.79 Å². The van der Waals surface area contributed by atoms with Crippen LogP contribution in [0.5, 0.6) is 0 Å². The topological polar surface area (TPSA) is 78.9 Å². The van der Waals surface area contributed by atoms with Crippen LogP contribution in [0.4, 0.5) is 0 Å². The fourth-order valence-electron chi connectivity index (χ4n) is 3.06. The molecule has 0 heterocycles. The first-order valence-corrected chi connectivity index (χ1v) is 7.72. The second-order valence-corrected chi connectivity index (χ2v) is 6.19. The van der Waals surface area contributed by atoms with Crippen molar-refractivity contribution in [2.45, 2.75) is 65.8 Å². The molecule has 1 aliphatic rings. The van der Waals surface area contributed by atoms with E-state index in [1.165, 1.54) is 0 Å². The van der Waals surface area contributed by atoms with Crippen LogP contribution in [0.3, 0.4) is 0 Å². The van der Waals surface area contributed by atoms with E-state index in [0.717, 1.165) is 25.8 Å². The minimum atomic E-state index is -0.772. The average molecular weight is 283 g/mol. The fourth-order valence-corrected chi connectivity index (χ4v) is 3.06. The van der Waals surface area contributed by atoms with Gasteiger partial charge in [0.25, 0.3) is 0 Å². The Kier molecular flexibility index (Phi) is 5.84. The highest BCUT2D eigenvalue weighted by Crippen LogP contribution is 2.47. The molecule has 1 amide bonds. The van der Waals surface area contributed by atoms with E-state index in [4.69, 9.17) is 10.9 Å². The van der Waals surface area contributed by atoms with Crippen molar-refractivity contribution >= 4 is 11.7 Å². The Morgan fingerprint density at radius 1 is 1.50 bits per heavy atom. The number of carbonyl (C=O) groups excluding carboxylic acids is 1. The van der Waals surface area contributed by atoms with Crippen LogP contribution >= 0.6 is 0 Å². The van der Waals surface area contributed by atoms with Gasteiger partial charge < -0.3 is 15.8 Å². The third-order valence-corrected chi connectivity index (χ3v) is 4.54. The number of hydrogen-bond acceptors (Lipinski definition) is 3. The Morgan fingerprint density at radius 3 is 2.50 bits per heavy atom. The summed E-state index contributed by atoms with van der Waals surface area (Å²) in [6.45, 7) is 9.10. The van der Waals surface area contributed by atoms with Gasteiger partial charge in [-0.1, -0.05) is 32.3 Å². The van der Waals surface area contributed by atoms with Crippen LogP contribution in [-0.4, -0.2) is 34.4 Å². The molecule has 116 valence electrons. The maximum Gasteiger partial charge on any atom is 0.236 e. The van der Waals surface area contributed by atoms with Crippen LogP contribution in [0.15, 0.2) is 5.16 Å². The maximum atomic E-state index is 13.0. The van der Waals surface area contributed by atoms with Crippen molar-refractivity contribution in [3.05, 3.63) is 0 Å². The lowest BCUT2D eigenvalue weighted by atomic mass is 9.61. The summed E-state index contributed by atoms with van der Waals surface area (Å²) >= 11 is 0. The van der Waals surface area contributed by atoms with Gasteiger partial charge in [0.1, 0.15) is 5.41 Å². The molecule has 0 aromatic rings. The fraction of sp³-hybridized carbons (Fsp3) is 0.867. The third kappa shape index (κ3) is 3.07. The number of unbranched alkanes of at least 4 members (excludes halogenated alkanes) is 1. The highest BCUT2D eigenvalue weighted by Gasteiger charge is 2.54. The summed E-state index contributed by atoms with van der Waals surface area (Å²) in [6, 6.07) is 0.188. The first-order chi connectivity index (χ1) is 9.42. The van der Waals surface area contributed by atoms with Gasteiger partial charge in [-0.2, -0.15) is 0 Å². The number of oxime groups is 1. The van der Waals surface area contributed by atoms with Gasteiger partial charge in [0.05, 0.1) is 0 Å². The van der Waals surface area contributed by atoms with E-state index in [-0.39, 0.29) is 17.8 Å². The van der Waals surface area contributed by atoms with E-state index < -0.39 is 5.41 Å². The van der Waals surface area contributed by atoms with Crippen molar-refractivity contribution in [1.29, 1.82) is 0 Å². The molecule has 0 bridgehead atoms. The van der Waals surface area contributed by atoms with E-state index in [0.29, 0.717) is 18.8 Å². The SMILES string of the molecule is CCCCN(C(=O)C1(C(N)=NO)CC(C)C1)C(C)CC. The summed E-state index contributed by atoms with van der Waals surface area (Å²) in [5.41, 5.74) is 5.06. The van der Waals surface area contributed by atoms with E-state index in [2.05, 4.69) is 32.9 Å². The number of rotatable bonds is 7. The van der Waals surface area contributed by atoms with Gasteiger partial charge in [0, 0.05) is 12.6 Å². The zero-order valence-corrected chi connectivity index (χ0v) is 13.2. The number of amidine groups is 1. The van der Waals surface area contributed by atoms with E-state index in [1.807, 2.05) is 4.90 Å². The van der Waals surface area contributed by atoms with Gasteiger partial charge in [-0.3, -0.25) is 4.79 Å². The van der Waals surface area contributed by atoms with Crippen molar-refractivity contribution < 1.29 is 10.0 Å². The Labute approximate surface area is 122 Å². The predicted octanol–water partition coefficient (Wildman–Crippen LogP) is 2.58. The molecule has 1 fully saturated rings. The van der Waals surface area contributed by atoms with Gasteiger partial charge in [0.2, 0.25) is 5.91 Å². The molecule has 1 aliphatic carbocycles. The van der Waals surface area contributed by atoms with Crippen LogP contribution in [-0.2, 0) is 4.79 Å². The zero-order chi connectivity index (χ0) is 15.3. The second-order valence-electron chi connectivity index (χ2n) is 6.19. The highest BCUT2D eigenvalue weighted by atomic mass is 16.4. The predicted molar refractivity (Wildman–Crippen MR) is 80.6 cm³/mol. The largest absolute Gasteiger partial charge is 0.409 e. The molecule has 1 saturated carbocycles. The molecule has 1 unspecified atom stereocenters. The van der Waals surface area contributed by atoms with Gasteiger partial charge in [-0.05, 0) is 38.5 Å². The summed E-state index contributed by atoms with van der Waals surface area (Å²) in [5, 5.41) is 12.1. The number of amides is 1. The van der Waals surface area contributed by atoms with Crippen LogP contribution in [0, 0.1) is 11.3 Å². The molecule has 0 aromatic heterocycles. The van der Waals surface area contributed by atoms with Crippen LogP contribution < -0.4 is 5.73 Å². The molecule has 5 heteroatoms. The Bertz CT molecular complexity index is 362. The minimum absolute atomic E-state index is 0.0358. The molecule has 3 N–H and O–H groups in total. The molecule has 0 aliphatic heterocycles. The Hall–Kier alpha value is -1.26. The zero-order valence-electron chi connectivity index (χ0n) is 13.2. The van der Waals surface area contributed by atoms with E-state index >= 15 is 0 Å². The third-order valence-electron chi connectivity index (χ3n) is 4.54. The Balaban J connectivity index is 2.96. The highest BCUT2D eigenvalue weighted by molar-refractivity contribution is 6.07. The van der Waals surface area contributed by atoms with Gasteiger partial charge in [0.15, 0.2) is 5.84 Å². The molecule has 1 atom stereocenters. The summed E-state index contributed by atoms with van der Waals surface area (Å²) in [4.78, 5) is 14.9. The van der Waals surface area contributed by atoms with Gasteiger partial charge in [-0.25, -0.2) is 0 Å². The number of nitrogens with two attached hydrogens (primary N) is 1. The standard InChI is InChI=1S/C15H29N3O2/c1-5-7-8-18(12(4)6-2)14(19)15(13(16)17-20)9-11(3)10-15/h11-12,20H,5-10H2,1-4H3,(H2,16,17). The average Bonchev–Trinajstić information content (AvgIpc) is 2.42. The monoisotopic (exact) mass is 283 g/mol. The van der Waals surface area contributed by atoms with Crippen LogP contribution in [0.2, 0.25) is 0 Å². The lowest BCUT2D eigenvalue weighted by Crippen LogP contribution is -2.59. The molecular formula is C15H29N3O2. The molecule has 0 aromatic carbocycles. The van der Waals surface area contributed by atoms with Crippen LogP contribution in [0.1, 0.15) is 59.8 Å². The van der Waals surface area contributed by atoms with Crippen molar-refractivity contribution in [2.24, 2.45) is 22.2 Å². The molecule has 5 nitrogen and oxygen atoms in total.